The van der Waals surface area contributed by atoms with Crippen LogP contribution in [0.25, 0.3) is 0 Å². The fourth-order valence-corrected chi connectivity index (χ4v) is 2.46. The van der Waals surface area contributed by atoms with Gasteiger partial charge < -0.3 is 14.6 Å². The second-order valence-electron chi connectivity index (χ2n) is 7.35. The molecule has 1 amide bonds. The molecule has 2 aliphatic rings. The van der Waals surface area contributed by atoms with Gasteiger partial charge in [0.15, 0.2) is 0 Å². The van der Waals surface area contributed by atoms with Crippen molar-refractivity contribution in [3.63, 3.8) is 0 Å². The number of benzene rings is 1. The molecule has 1 aromatic rings. The molecule has 0 radical (unpaired) electrons. The Labute approximate surface area is 132 Å². The largest absolute Gasteiger partial charge is 0.494 e. The molecule has 118 valence electrons. The molecule has 1 aromatic carbocycles. The zero-order valence-corrected chi connectivity index (χ0v) is 13.8. The van der Waals surface area contributed by atoms with Crippen molar-refractivity contribution >= 4 is 18.5 Å². The molecule has 0 bridgehead atoms. The van der Waals surface area contributed by atoms with Gasteiger partial charge in [-0.15, -0.1) is 0 Å². The first-order valence-electron chi connectivity index (χ1n) is 8.01. The predicted octanol–water partition coefficient (Wildman–Crippen LogP) is 1.81. The van der Waals surface area contributed by atoms with E-state index in [-0.39, 0.29) is 24.2 Å². The van der Waals surface area contributed by atoms with Crippen LogP contribution in [0.1, 0.15) is 46.1 Å². The van der Waals surface area contributed by atoms with E-state index in [4.69, 9.17) is 9.31 Å². The zero-order valence-electron chi connectivity index (χ0n) is 13.8. The van der Waals surface area contributed by atoms with Crippen molar-refractivity contribution in [2.45, 2.75) is 64.2 Å². The van der Waals surface area contributed by atoms with Crippen LogP contribution in [0, 0.1) is 0 Å². The third kappa shape index (κ3) is 3.20. The minimum atomic E-state index is -0.348. The van der Waals surface area contributed by atoms with Gasteiger partial charge in [0, 0.05) is 6.04 Å². The molecule has 1 saturated carbocycles. The van der Waals surface area contributed by atoms with E-state index in [0.717, 1.165) is 23.9 Å². The first kappa shape index (κ1) is 15.6. The lowest BCUT2D eigenvalue weighted by molar-refractivity contribution is -0.120. The fraction of sp³-hybridized carbons (Fsp3) is 0.588. The first-order valence-corrected chi connectivity index (χ1v) is 8.01. The van der Waals surface area contributed by atoms with Crippen LogP contribution in [0.2, 0.25) is 0 Å². The number of hydrogen-bond acceptors (Lipinski definition) is 3. The molecule has 1 heterocycles. The predicted molar refractivity (Wildman–Crippen MR) is 87.0 cm³/mol. The minimum absolute atomic E-state index is 0.103. The fourth-order valence-electron chi connectivity index (χ4n) is 2.46. The Bertz CT molecular complexity index is 548. The molecule has 1 N–H and O–H groups in total. The molecule has 2 fully saturated rings. The van der Waals surface area contributed by atoms with Crippen LogP contribution in [-0.2, 0) is 20.5 Å². The number of hydrogen-bond donors (Lipinski definition) is 1. The summed E-state index contributed by atoms with van der Waals surface area (Å²) in [5, 5.41) is 3.01. The Morgan fingerprint density at radius 2 is 1.68 bits per heavy atom. The van der Waals surface area contributed by atoms with Gasteiger partial charge in [0.1, 0.15) is 0 Å². The summed E-state index contributed by atoms with van der Waals surface area (Å²) in [7, 11) is -0.348. The highest BCUT2D eigenvalue weighted by atomic mass is 16.7. The Morgan fingerprint density at radius 1 is 1.14 bits per heavy atom. The first-order chi connectivity index (χ1) is 10.3. The normalized spacial score (nSPS) is 22.6. The summed E-state index contributed by atoms with van der Waals surface area (Å²) >= 11 is 0. The molecule has 22 heavy (non-hydrogen) atoms. The van der Waals surface area contributed by atoms with Gasteiger partial charge in [-0.25, -0.2) is 0 Å². The molecule has 0 atom stereocenters. The number of carbonyl (C=O) groups is 1. The third-order valence-electron chi connectivity index (χ3n) is 4.81. The third-order valence-corrected chi connectivity index (χ3v) is 4.81. The molecule has 3 rings (SSSR count). The molecular weight excluding hydrogens is 277 g/mol. The van der Waals surface area contributed by atoms with Gasteiger partial charge in [0.2, 0.25) is 5.91 Å². The van der Waals surface area contributed by atoms with Gasteiger partial charge in [0.25, 0.3) is 0 Å². The van der Waals surface area contributed by atoms with E-state index in [1.54, 1.807) is 0 Å². The van der Waals surface area contributed by atoms with Crippen molar-refractivity contribution in [1.29, 1.82) is 0 Å². The molecule has 4 nitrogen and oxygen atoms in total. The smallest absolute Gasteiger partial charge is 0.399 e. The number of amides is 1. The van der Waals surface area contributed by atoms with E-state index in [2.05, 4.69) is 5.32 Å². The molecule has 0 aromatic heterocycles. The second kappa shape index (κ2) is 5.39. The summed E-state index contributed by atoms with van der Waals surface area (Å²) in [5.74, 6) is 0.103. The van der Waals surface area contributed by atoms with E-state index in [1.165, 1.54) is 0 Å². The van der Waals surface area contributed by atoms with Crippen LogP contribution in [0.5, 0.6) is 0 Å². The maximum absolute atomic E-state index is 11.8. The van der Waals surface area contributed by atoms with Gasteiger partial charge in [-0.3, -0.25) is 4.79 Å². The molecule has 0 spiro atoms. The van der Waals surface area contributed by atoms with Crippen molar-refractivity contribution in [2.75, 3.05) is 0 Å². The van der Waals surface area contributed by atoms with Crippen molar-refractivity contribution in [3.05, 3.63) is 29.8 Å². The maximum atomic E-state index is 11.8. The van der Waals surface area contributed by atoms with Gasteiger partial charge >= 0.3 is 7.12 Å². The van der Waals surface area contributed by atoms with Gasteiger partial charge in [-0.2, -0.15) is 0 Å². The van der Waals surface area contributed by atoms with Gasteiger partial charge in [0.05, 0.1) is 17.6 Å². The van der Waals surface area contributed by atoms with E-state index < -0.39 is 0 Å². The molecule has 1 aliphatic heterocycles. The van der Waals surface area contributed by atoms with Crippen molar-refractivity contribution in [2.24, 2.45) is 0 Å². The van der Waals surface area contributed by atoms with E-state index in [1.807, 2.05) is 52.0 Å². The summed E-state index contributed by atoms with van der Waals surface area (Å²) in [6.07, 6.45) is 2.67. The Balaban J connectivity index is 1.63. The summed E-state index contributed by atoms with van der Waals surface area (Å²) in [5.41, 5.74) is 1.34. The molecule has 1 saturated heterocycles. The van der Waals surface area contributed by atoms with Crippen molar-refractivity contribution < 1.29 is 14.1 Å². The van der Waals surface area contributed by atoms with E-state index >= 15 is 0 Å². The van der Waals surface area contributed by atoms with Gasteiger partial charge in [-0.05, 0) is 51.6 Å². The highest BCUT2D eigenvalue weighted by molar-refractivity contribution is 6.62. The Hall–Kier alpha value is -1.33. The van der Waals surface area contributed by atoms with Crippen LogP contribution in [0.4, 0.5) is 0 Å². The molecular formula is C17H24BNO3. The van der Waals surface area contributed by atoms with Crippen LogP contribution in [0.3, 0.4) is 0 Å². The van der Waals surface area contributed by atoms with Crippen molar-refractivity contribution in [3.8, 4) is 0 Å². The quantitative estimate of drug-likeness (QED) is 0.863. The average molecular weight is 301 g/mol. The van der Waals surface area contributed by atoms with Crippen LogP contribution in [-0.4, -0.2) is 30.3 Å². The lowest BCUT2D eigenvalue weighted by Crippen LogP contribution is -2.41. The summed E-state index contributed by atoms with van der Waals surface area (Å²) in [6.45, 7) is 8.18. The summed E-state index contributed by atoms with van der Waals surface area (Å²) in [4.78, 5) is 11.8. The molecule has 0 unspecified atom stereocenters. The number of nitrogens with one attached hydrogen (secondary N) is 1. The molecule has 5 heteroatoms. The highest BCUT2D eigenvalue weighted by Crippen LogP contribution is 2.36. The zero-order chi connectivity index (χ0) is 16.0. The summed E-state index contributed by atoms with van der Waals surface area (Å²) in [6, 6.07) is 8.35. The second-order valence-corrected chi connectivity index (χ2v) is 7.35. The van der Waals surface area contributed by atoms with Crippen LogP contribution >= 0.6 is 0 Å². The van der Waals surface area contributed by atoms with Crippen LogP contribution in [0.15, 0.2) is 24.3 Å². The van der Waals surface area contributed by atoms with Gasteiger partial charge in [-0.1, -0.05) is 24.3 Å². The maximum Gasteiger partial charge on any atom is 0.494 e. The number of rotatable bonds is 4. The topological polar surface area (TPSA) is 47.6 Å². The minimum Gasteiger partial charge on any atom is -0.399 e. The Morgan fingerprint density at radius 3 is 2.18 bits per heavy atom. The van der Waals surface area contributed by atoms with Crippen molar-refractivity contribution in [1.82, 2.24) is 5.32 Å². The standard InChI is InChI=1S/C17H24BNO3/c1-16(2)17(3,4)22-18(21-16)13-7-5-12(6-8-13)11-15(20)19-14-9-10-14/h5-8,14H,9-11H2,1-4H3,(H,19,20). The monoisotopic (exact) mass is 301 g/mol. The highest BCUT2D eigenvalue weighted by Gasteiger charge is 2.51. The summed E-state index contributed by atoms with van der Waals surface area (Å²) < 4.78 is 12.1. The Kier molecular flexibility index (Phi) is 3.81. The van der Waals surface area contributed by atoms with E-state index in [0.29, 0.717) is 12.5 Å². The lowest BCUT2D eigenvalue weighted by Gasteiger charge is -2.32. The number of carbonyl (C=O) groups excluding carboxylic acids is 1. The average Bonchev–Trinajstić information content (AvgIpc) is 3.18. The van der Waals surface area contributed by atoms with Crippen LogP contribution < -0.4 is 10.8 Å². The molecule has 1 aliphatic carbocycles. The van der Waals surface area contributed by atoms with E-state index in [9.17, 15) is 4.79 Å². The lowest BCUT2D eigenvalue weighted by atomic mass is 9.79. The SMILES string of the molecule is CC1(C)OB(c2ccc(CC(=O)NC3CC3)cc2)OC1(C)C.